The zero-order valence-electron chi connectivity index (χ0n) is 16.4. The molecule has 0 unspecified atom stereocenters. The van der Waals surface area contributed by atoms with Crippen molar-refractivity contribution in [3.63, 3.8) is 0 Å². The molecule has 1 aliphatic heterocycles. The number of nitrogens with zero attached hydrogens (tertiary/aromatic N) is 4. The molecule has 0 saturated heterocycles. The Kier molecular flexibility index (Phi) is 6.26. The molecular weight excluding hydrogens is 342 g/mol. The Hall–Kier alpha value is -2.64. The lowest BCUT2D eigenvalue weighted by Crippen LogP contribution is -2.44. The van der Waals surface area contributed by atoms with Crippen LogP contribution in [0.25, 0.3) is 0 Å². The number of hydrogen-bond acceptors (Lipinski definition) is 5. The van der Waals surface area contributed by atoms with E-state index in [1.54, 1.807) is 0 Å². The third-order valence-corrected chi connectivity index (χ3v) is 4.60. The predicted molar refractivity (Wildman–Crippen MR) is 105 cm³/mol. The minimum atomic E-state index is -0.0443. The number of amides is 2. The van der Waals surface area contributed by atoms with Gasteiger partial charge in [0, 0.05) is 44.2 Å². The molecule has 0 bridgehead atoms. The van der Waals surface area contributed by atoms with Gasteiger partial charge in [-0.15, -0.1) is 0 Å². The van der Waals surface area contributed by atoms with Crippen LogP contribution in [0.15, 0.2) is 6.07 Å². The van der Waals surface area contributed by atoms with Crippen LogP contribution in [0.4, 0.5) is 10.6 Å². The Morgan fingerprint density at radius 3 is 2.93 bits per heavy atom. The van der Waals surface area contributed by atoms with Crippen molar-refractivity contribution in [2.75, 3.05) is 25.0 Å². The fourth-order valence-electron chi connectivity index (χ4n) is 3.25. The fraction of sp³-hybridized carbons (Fsp3) is 0.579. The summed E-state index contributed by atoms with van der Waals surface area (Å²) in [6, 6.07) is 1.89. The lowest BCUT2D eigenvalue weighted by atomic mass is 10.1. The summed E-state index contributed by atoms with van der Waals surface area (Å²) in [5.74, 6) is 2.60. The maximum atomic E-state index is 12.4. The van der Waals surface area contributed by atoms with Crippen LogP contribution in [0.3, 0.4) is 0 Å². The van der Waals surface area contributed by atoms with Crippen molar-refractivity contribution in [3.05, 3.63) is 34.8 Å². The van der Waals surface area contributed by atoms with Crippen LogP contribution in [0.2, 0.25) is 0 Å². The van der Waals surface area contributed by atoms with E-state index in [9.17, 15) is 4.79 Å². The van der Waals surface area contributed by atoms with Gasteiger partial charge in [0.2, 0.25) is 0 Å². The monoisotopic (exact) mass is 371 g/mol. The molecule has 8 heteroatoms. The van der Waals surface area contributed by atoms with Crippen molar-refractivity contribution >= 4 is 11.8 Å². The summed E-state index contributed by atoms with van der Waals surface area (Å²) in [6.07, 6.45) is 3.91. The van der Waals surface area contributed by atoms with Crippen LogP contribution < -0.4 is 10.6 Å². The molecule has 0 saturated carbocycles. The van der Waals surface area contributed by atoms with E-state index in [0.717, 1.165) is 60.2 Å². The second-order valence-corrected chi connectivity index (χ2v) is 6.99. The van der Waals surface area contributed by atoms with Gasteiger partial charge in [-0.3, -0.25) is 0 Å². The highest BCUT2D eigenvalue weighted by molar-refractivity contribution is 5.74. The molecule has 2 aromatic heterocycles. The Balaban J connectivity index is 1.44. The van der Waals surface area contributed by atoms with Crippen molar-refractivity contribution < 1.29 is 4.79 Å². The lowest BCUT2D eigenvalue weighted by Gasteiger charge is -2.26. The Morgan fingerprint density at radius 2 is 2.11 bits per heavy atom. The van der Waals surface area contributed by atoms with Crippen molar-refractivity contribution in [2.24, 2.45) is 0 Å². The number of aromatic nitrogens is 4. The van der Waals surface area contributed by atoms with Crippen molar-refractivity contribution in [2.45, 2.75) is 53.0 Å². The SMILES string of the molecule is CCCCc1nc(C)cc(NCCNC(=O)N2CCc3nc(C)[nH]c3C2)n1. The smallest absolute Gasteiger partial charge is 0.317 e. The normalized spacial score (nSPS) is 13.4. The zero-order chi connectivity index (χ0) is 19.2. The van der Waals surface area contributed by atoms with Gasteiger partial charge >= 0.3 is 6.03 Å². The van der Waals surface area contributed by atoms with Crippen LogP contribution in [0.1, 0.15) is 48.5 Å². The minimum absolute atomic E-state index is 0.0443. The van der Waals surface area contributed by atoms with Gasteiger partial charge in [-0.05, 0) is 20.3 Å². The summed E-state index contributed by atoms with van der Waals surface area (Å²) >= 11 is 0. The second kappa shape index (κ2) is 8.83. The molecule has 0 radical (unpaired) electrons. The topological polar surface area (TPSA) is 98.8 Å². The van der Waals surface area contributed by atoms with Gasteiger partial charge in [0.15, 0.2) is 0 Å². The highest BCUT2D eigenvalue weighted by atomic mass is 16.2. The van der Waals surface area contributed by atoms with E-state index < -0.39 is 0 Å². The molecule has 2 aromatic rings. The predicted octanol–water partition coefficient (Wildman–Crippen LogP) is 2.34. The molecule has 3 N–H and O–H groups in total. The van der Waals surface area contributed by atoms with Gasteiger partial charge in [-0.2, -0.15) is 0 Å². The van der Waals surface area contributed by atoms with Crippen LogP contribution in [0, 0.1) is 13.8 Å². The molecule has 27 heavy (non-hydrogen) atoms. The number of fused-ring (bicyclic) bond motifs is 1. The third-order valence-electron chi connectivity index (χ3n) is 4.60. The van der Waals surface area contributed by atoms with Gasteiger partial charge in [0.1, 0.15) is 17.5 Å². The molecule has 0 aromatic carbocycles. The number of aromatic amines is 1. The first-order valence-corrected chi connectivity index (χ1v) is 9.70. The van der Waals surface area contributed by atoms with Gasteiger partial charge < -0.3 is 20.5 Å². The number of imidazole rings is 1. The van der Waals surface area contributed by atoms with E-state index in [-0.39, 0.29) is 6.03 Å². The van der Waals surface area contributed by atoms with Crippen LogP contribution in [-0.2, 0) is 19.4 Å². The molecule has 0 spiro atoms. The van der Waals surface area contributed by atoms with Gasteiger partial charge in [0.25, 0.3) is 0 Å². The van der Waals surface area contributed by atoms with Crippen LogP contribution in [0.5, 0.6) is 0 Å². The number of hydrogen-bond donors (Lipinski definition) is 3. The van der Waals surface area contributed by atoms with Crippen molar-refractivity contribution in [1.29, 1.82) is 0 Å². The summed E-state index contributed by atoms with van der Waals surface area (Å²) in [7, 11) is 0. The molecule has 0 atom stereocenters. The Bertz CT molecular complexity index is 786. The first-order valence-electron chi connectivity index (χ1n) is 9.70. The van der Waals surface area contributed by atoms with Crippen molar-refractivity contribution in [1.82, 2.24) is 30.2 Å². The van der Waals surface area contributed by atoms with Crippen LogP contribution >= 0.6 is 0 Å². The van der Waals surface area contributed by atoms with Gasteiger partial charge in [-0.1, -0.05) is 13.3 Å². The van der Waals surface area contributed by atoms with E-state index >= 15 is 0 Å². The highest BCUT2D eigenvalue weighted by Crippen LogP contribution is 2.16. The standard InChI is InChI=1S/C19H29N7O/c1-4-5-6-17-22-13(2)11-18(25-17)20-8-9-21-19(27)26-10-7-15-16(12-26)24-14(3)23-15/h11H,4-10,12H2,1-3H3,(H,21,27)(H,23,24)(H,20,22,25). The molecule has 146 valence electrons. The summed E-state index contributed by atoms with van der Waals surface area (Å²) in [5, 5.41) is 6.25. The molecule has 8 nitrogen and oxygen atoms in total. The number of urea groups is 1. The highest BCUT2D eigenvalue weighted by Gasteiger charge is 2.22. The quantitative estimate of drug-likeness (QED) is 0.649. The number of carbonyl (C=O) groups is 1. The second-order valence-electron chi connectivity index (χ2n) is 6.99. The van der Waals surface area contributed by atoms with Crippen molar-refractivity contribution in [3.8, 4) is 0 Å². The summed E-state index contributed by atoms with van der Waals surface area (Å²) in [6.45, 7) is 8.52. The zero-order valence-corrected chi connectivity index (χ0v) is 16.4. The number of anilines is 1. The first kappa shape index (κ1) is 19.1. The Morgan fingerprint density at radius 1 is 1.26 bits per heavy atom. The largest absolute Gasteiger partial charge is 0.368 e. The number of unbranched alkanes of at least 4 members (excludes halogenated alkanes) is 1. The summed E-state index contributed by atoms with van der Waals surface area (Å²) < 4.78 is 0. The van der Waals surface area contributed by atoms with E-state index in [2.05, 4.69) is 37.5 Å². The molecule has 2 amide bonds. The van der Waals surface area contributed by atoms with E-state index in [0.29, 0.717) is 26.2 Å². The molecule has 3 rings (SSSR count). The number of aryl methyl sites for hydroxylation is 3. The maximum absolute atomic E-state index is 12.4. The lowest BCUT2D eigenvalue weighted by molar-refractivity contribution is 0.192. The van der Waals surface area contributed by atoms with E-state index in [4.69, 9.17) is 0 Å². The maximum Gasteiger partial charge on any atom is 0.317 e. The molecule has 0 aliphatic carbocycles. The number of nitrogens with one attached hydrogen (secondary N) is 3. The third kappa shape index (κ3) is 5.18. The molecule has 1 aliphatic rings. The molecular formula is C19H29N7O. The average Bonchev–Trinajstić information content (AvgIpc) is 3.02. The summed E-state index contributed by atoms with van der Waals surface area (Å²) in [5.41, 5.74) is 3.08. The van der Waals surface area contributed by atoms with E-state index in [1.165, 1.54) is 0 Å². The van der Waals surface area contributed by atoms with Gasteiger partial charge in [-0.25, -0.2) is 19.7 Å². The average molecular weight is 371 g/mol. The minimum Gasteiger partial charge on any atom is -0.368 e. The van der Waals surface area contributed by atoms with Crippen LogP contribution in [-0.4, -0.2) is 50.5 Å². The number of H-pyrrole nitrogens is 1. The molecule has 0 fully saturated rings. The first-order chi connectivity index (χ1) is 13.0. The summed E-state index contributed by atoms with van der Waals surface area (Å²) in [4.78, 5) is 30.9. The number of carbonyl (C=O) groups excluding carboxylic acids is 1. The Labute approximate surface area is 160 Å². The molecule has 3 heterocycles. The van der Waals surface area contributed by atoms with Gasteiger partial charge in [0.05, 0.1) is 17.9 Å². The number of rotatable bonds is 7. The van der Waals surface area contributed by atoms with E-state index in [1.807, 2.05) is 24.8 Å². The fourth-order valence-corrected chi connectivity index (χ4v) is 3.25.